The lowest BCUT2D eigenvalue weighted by molar-refractivity contribution is 0.929. The Bertz CT molecular complexity index is 1300. The van der Waals surface area contributed by atoms with Gasteiger partial charge in [0, 0.05) is 16.6 Å². The van der Waals surface area contributed by atoms with E-state index >= 15 is 0 Å². The second kappa shape index (κ2) is 7.10. The highest BCUT2D eigenvalue weighted by molar-refractivity contribution is 5.87. The van der Waals surface area contributed by atoms with Crippen molar-refractivity contribution < 1.29 is 0 Å². The zero-order valence-corrected chi connectivity index (χ0v) is 16.4. The van der Waals surface area contributed by atoms with Crippen LogP contribution in [0.1, 0.15) is 16.8 Å². The number of aromatic nitrogens is 2. The molecule has 2 heterocycles. The van der Waals surface area contributed by atoms with Crippen LogP contribution in [0.3, 0.4) is 0 Å². The van der Waals surface area contributed by atoms with Gasteiger partial charge in [-0.15, -0.1) is 0 Å². The molecule has 29 heavy (non-hydrogen) atoms. The first-order valence-electron chi connectivity index (χ1n) is 9.99. The van der Waals surface area contributed by atoms with Gasteiger partial charge in [0.1, 0.15) is 5.82 Å². The van der Waals surface area contributed by atoms with E-state index in [2.05, 4.69) is 95.8 Å². The van der Waals surface area contributed by atoms with Gasteiger partial charge in [-0.1, -0.05) is 48.5 Å². The largest absolute Gasteiger partial charge is 0.383 e. The van der Waals surface area contributed by atoms with Crippen LogP contribution in [0.2, 0.25) is 0 Å². The summed E-state index contributed by atoms with van der Waals surface area (Å²) in [6.07, 6.45) is 1.76. The van der Waals surface area contributed by atoms with Crippen LogP contribution in [0.5, 0.6) is 0 Å². The average Bonchev–Trinajstić information content (AvgIpc) is 3.15. The summed E-state index contributed by atoms with van der Waals surface area (Å²) < 4.78 is 0. The number of rotatable bonds is 4. The lowest BCUT2D eigenvalue weighted by Crippen LogP contribution is -2.01. The number of benzene rings is 3. The zero-order valence-electron chi connectivity index (χ0n) is 16.4. The molecule has 0 saturated heterocycles. The maximum atomic E-state index is 6.28. The van der Waals surface area contributed by atoms with Gasteiger partial charge in [0.2, 0.25) is 0 Å². The summed E-state index contributed by atoms with van der Waals surface area (Å²) in [5, 5.41) is 2.38. The fourth-order valence-corrected chi connectivity index (χ4v) is 4.04. The molecule has 0 bridgehead atoms. The van der Waals surface area contributed by atoms with Crippen molar-refractivity contribution in [2.75, 3.05) is 5.73 Å². The Hall–Kier alpha value is -3.59. The normalized spacial score (nSPS) is 11.3. The summed E-state index contributed by atoms with van der Waals surface area (Å²) in [7, 11) is 0. The van der Waals surface area contributed by atoms with E-state index in [1.807, 2.05) is 0 Å². The summed E-state index contributed by atoms with van der Waals surface area (Å²) in [6.45, 7) is 2.15. The van der Waals surface area contributed by atoms with E-state index in [0.717, 1.165) is 29.3 Å². The molecule has 3 nitrogen and oxygen atoms in total. The lowest BCUT2D eigenvalue weighted by atomic mass is 9.98. The van der Waals surface area contributed by atoms with Gasteiger partial charge in [-0.25, -0.2) is 4.98 Å². The molecule has 3 N–H and O–H groups in total. The molecular formula is C26H23N3. The van der Waals surface area contributed by atoms with Crippen LogP contribution in [0.25, 0.3) is 32.9 Å². The molecule has 3 aromatic carbocycles. The van der Waals surface area contributed by atoms with E-state index < -0.39 is 0 Å². The Balaban J connectivity index is 1.47. The molecule has 0 fully saturated rings. The Morgan fingerprint density at radius 1 is 0.828 bits per heavy atom. The molecule has 2 aromatic heterocycles. The number of para-hydroxylation sites is 1. The number of nitrogen functional groups attached to an aromatic ring is 1. The fraction of sp³-hybridized carbons (Fsp3) is 0.115. The smallest absolute Gasteiger partial charge is 0.127 e. The predicted octanol–water partition coefficient (Wildman–Crippen LogP) is 6.06. The maximum absolute atomic E-state index is 6.28. The van der Waals surface area contributed by atoms with Crippen molar-refractivity contribution in [2.24, 2.45) is 0 Å². The third-order valence-corrected chi connectivity index (χ3v) is 5.63. The number of aryl methyl sites for hydroxylation is 3. The molecule has 0 saturated carbocycles. The van der Waals surface area contributed by atoms with E-state index in [4.69, 9.17) is 5.73 Å². The van der Waals surface area contributed by atoms with Crippen molar-refractivity contribution in [1.82, 2.24) is 9.97 Å². The quantitative estimate of drug-likeness (QED) is 0.400. The second-order valence-corrected chi connectivity index (χ2v) is 7.64. The molecule has 142 valence electrons. The molecule has 5 aromatic rings. The molecule has 0 aliphatic rings. The van der Waals surface area contributed by atoms with Gasteiger partial charge >= 0.3 is 0 Å². The third-order valence-electron chi connectivity index (χ3n) is 5.63. The zero-order chi connectivity index (χ0) is 19.8. The van der Waals surface area contributed by atoms with Crippen LogP contribution in [0, 0.1) is 6.92 Å². The minimum Gasteiger partial charge on any atom is -0.383 e. The Morgan fingerprint density at radius 3 is 2.52 bits per heavy atom. The highest BCUT2D eigenvalue weighted by atomic mass is 14.8. The number of H-pyrrole nitrogens is 1. The molecule has 0 amide bonds. The van der Waals surface area contributed by atoms with E-state index in [9.17, 15) is 0 Å². The molecule has 0 radical (unpaired) electrons. The molecule has 3 heteroatoms. The predicted molar refractivity (Wildman–Crippen MR) is 122 cm³/mol. The van der Waals surface area contributed by atoms with E-state index in [-0.39, 0.29) is 0 Å². The highest BCUT2D eigenvalue weighted by Gasteiger charge is 2.08. The molecule has 0 atom stereocenters. The first-order chi connectivity index (χ1) is 14.2. The van der Waals surface area contributed by atoms with Crippen molar-refractivity contribution in [1.29, 1.82) is 0 Å². The molecule has 0 unspecified atom stereocenters. The monoisotopic (exact) mass is 377 g/mol. The average molecular weight is 377 g/mol. The van der Waals surface area contributed by atoms with Gasteiger partial charge in [0.25, 0.3) is 0 Å². The van der Waals surface area contributed by atoms with Crippen molar-refractivity contribution >= 4 is 27.6 Å². The standard InChI is InChI=1S/C26H23N3/c1-17-6-2-4-8-23(17)18-11-13-25-21(14-18)15-20(26(27)29-25)10-12-22-16-19-7-3-5-9-24(19)28-22/h2-9,11,13-16,28H,10,12H2,1H3,(H2,27,29). The molecule has 0 aliphatic heterocycles. The van der Waals surface area contributed by atoms with Gasteiger partial charge in [-0.05, 0) is 77.7 Å². The molecule has 0 spiro atoms. The number of nitrogens with two attached hydrogens (primary N) is 1. The van der Waals surface area contributed by atoms with Gasteiger partial charge in [0.15, 0.2) is 0 Å². The molecular weight excluding hydrogens is 354 g/mol. The summed E-state index contributed by atoms with van der Waals surface area (Å²) in [5.41, 5.74) is 14.4. The topological polar surface area (TPSA) is 54.7 Å². The van der Waals surface area contributed by atoms with Gasteiger partial charge < -0.3 is 10.7 Å². The minimum absolute atomic E-state index is 0.622. The summed E-state index contributed by atoms with van der Waals surface area (Å²) in [6, 6.07) is 27.7. The van der Waals surface area contributed by atoms with Gasteiger partial charge in [0.05, 0.1) is 5.52 Å². The first kappa shape index (κ1) is 17.5. The van der Waals surface area contributed by atoms with Crippen LogP contribution in [-0.2, 0) is 12.8 Å². The van der Waals surface area contributed by atoms with Crippen LogP contribution >= 0.6 is 0 Å². The lowest BCUT2D eigenvalue weighted by Gasteiger charge is -2.10. The van der Waals surface area contributed by atoms with Crippen LogP contribution < -0.4 is 5.73 Å². The number of aromatic amines is 1. The minimum atomic E-state index is 0.622. The highest BCUT2D eigenvalue weighted by Crippen LogP contribution is 2.28. The third kappa shape index (κ3) is 3.36. The summed E-state index contributed by atoms with van der Waals surface area (Å²) in [4.78, 5) is 8.15. The number of anilines is 1. The van der Waals surface area contributed by atoms with Crippen molar-refractivity contribution in [3.63, 3.8) is 0 Å². The first-order valence-corrected chi connectivity index (χ1v) is 9.99. The van der Waals surface area contributed by atoms with Crippen molar-refractivity contribution in [3.05, 3.63) is 95.7 Å². The fourth-order valence-electron chi connectivity index (χ4n) is 4.04. The summed E-state index contributed by atoms with van der Waals surface area (Å²) in [5.74, 6) is 0.622. The van der Waals surface area contributed by atoms with Crippen LogP contribution in [-0.4, -0.2) is 9.97 Å². The van der Waals surface area contributed by atoms with Crippen LogP contribution in [0.15, 0.2) is 78.9 Å². The Kier molecular flexibility index (Phi) is 4.28. The number of hydrogen-bond acceptors (Lipinski definition) is 2. The van der Waals surface area contributed by atoms with E-state index in [0.29, 0.717) is 5.82 Å². The SMILES string of the molecule is Cc1ccccc1-c1ccc2nc(N)c(CCc3cc4ccccc4[nH]3)cc2c1. The van der Waals surface area contributed by atoms with E-state index in [1.54, 1.807) is 0 Å². The van der Waals surface area contributed by atoms with Crippen LogP contribution in [0.4, 0.5) is 5.82 Å². The molecule has 5 rings (SSSR count). The number of pyridine rings is 1. The van der Waals surface area contributed by atoms with E-state index in [1.165, 1.54) is 33.3 Å². The molecule has 0 aliphatic carbocycles. The van der Waals surface area contributed by atoms with Gasteiger partial charge in [-0.2, -0.15) is 0 Å². The Morgan fingerprint density at radius 2 is 1.66 bits per heavy atom. The number of nitrogens with zero attached hydrogens (tertiary/aromatic N) is 1. The number of nitrogens with one attached hydrogen (secondary N) is 1. The Labute approximate surface area is 170 Å². The second-order valence-electron chi connectivity index (χ2n) is 7.64. The maximum Gasteiger partial charge on any atom is 0.127 e. The van der Waals surface area contributed by atoms with Crippen molar-refractivity contribution in [2.45, 2.75) is 19.8 Å². The van der Waals surface area contributed by atoms with Gasteiger partial charge in [-0.3, -0.25) is 0 Å². The number of hydrogen-bond donors (Lipinski definition) is 2. The number of fused-ring (bicyclic) bond motifs is 2. The van der Waals surface area contributed by atoms with Crippen molar-refractivity contribution in [3.8, 4) is 11.1 Å². The summed E-state index contributed by atoms with van der Waals surface area (Å²) >= 11 is 0.